The molecule has 0 fully saturated rings. The van der Waals surface area contributed by atoms with Crippen LogP contribution in [0.25, 0.3) is 0 Å². The summed E-state index contributed by atoms with van der Waals surface area (Å²) in [4.78, 5) is 11.7. The number of aryl methyl sites for hydroxylation is 1. The fourth-order valence-electron chi connectivity index (χ4n) is 2.73. The zero-order valence-corrected chi connectivity index (χ0v) is 18.7. The number of thiocarbonyl (C=S) groups is 1. The van der Waals surface area contributed by atoms with Gasteiger partial charge in [-0.3, -0.25) is 4.68 Å². The van der Waals surface area contributed by atoms with Crippen molar-refractivity contribution in [3.8, 4) is 0 Å². The third kappa shape index (κ3) is 5.72. The largest absolute Gasteiger partial charge is 0.462 e. The zero-order valence-electron chi connectivity index (χ0n) is 16.4. The average molecular weight is 463 g/mol. The Morgan fingerprint density at radius 3 is 2.53 bits per heavy atom. The van der Waals surface area contributed by atoms with E-state index in [9.17, 15) is 4.79 Å². The predicted octanol–water partition coefficient (Wildman–Crippen LogP) is 5.53. The van der Waals surface area contributed by atoms with Crippen LogP contribution in [0.4, 0.5) is 11.5 Å². The second kappa shape index (κ2) is 9.93. The molecule has 0 aliphatic carbocycles. The van der Waals surface area contributed by atoms with Crippen molar-refractivity contribution in [1.82, 2.24) is 9.78 Å². The number of esters is 1. The van der Waals surface area contributed by atoms with Crippen LogP contribution in [0.2, 0.25) is 10.0 Å². The molecule has 3 rings (SSSR count). The van der Waals surface area contributed by atoms with E-state index < -0.39 is 0 Å². The Hall–Kier alpha value is -2.61. The minimum atomic E-state index is -0.355. The Labute approximate surface area is 190 Å². The summed E-state index contributed by atoms with van der Waals surface area (Å²) in [5.41, 5.74) is 3.09. The highest BCUT2D eigenvalue weighted by Gasteiger charge is 2.10. The van der Waals surface area contributed by atoms with Gasteiger partial charge in [-0.1, -0.05) is 29.3 Å². The van der Waals surface area contributed by atoms with Crippen molar-refractivity contribution in [2.24, 2.45) is 0 Å². The number of nitrogens with zero attached hydrogens (tertiary/aromatic N) is 2. The van der Waals surface area contributed by atoms with Crippen LogP contribution in [0.1, 0.15) is 28.5 Å². The van der Waals surface area contributed by atoms with Crippen molar-refractivity contribution in [2.75, 3.05) is 17.2 Å². The van der Waals surface area contributed by atoms with Gasteiger partial charge in [0.15, 0.2) is 10.9 Å². The lowest BCUT2D eigenvalue weighted by Crippen LogP contribution is -2.19. The molecule has 2 N–H and O–H groups in total. The second-order valence-corrected chi connectivity index (χ2v) is 7.69. The molecule has 6 nitrogen and oxygen atoms in total. The van der Waals surface area contributed by atoms with E-state index in [0.29, 0.717) is 39.7 Å². The summed E-state index contributed by atoms with van der Waals surface area (Å²) < 4.78 is 6.80. The summed E-state index contributed by atoms with van der Waals surface area (Å²) in [7, 11) is 0. The normalized spacial score (nSPS) is 10.5. The molecule has 0 atom stereocenters. The molecule has 0 bridgehead atoms. The molecule has 0 radical (unpaired) electrons. The quantitative estimate of drug-likeness (QED) is 0.370. The average Bonchev–Trinajstić information content (AvgIpc) is 3.03. The number of hydrogen-bond donors (Lipinski definition) is 2. The van der Waals surface area contributed by atoms with Gasteiger partial charge in [-0.15, -0.1) is 0 Å². The molecule has 0 saturated heterocycles. The Morgan fingerprint density at radius 1 is 1.13 bits per heavy atom. The standard InChI is InChI=1S/C21H20Cl2N4O2S/c1-3-29-20(28)14-5-8-17(9-6-14)24-21(30)25-19-10-13(2)27(26-19)12-15-4-7-16(22)11-18(15)23/h4-11H,3,12H2,1-2H3,(H2,24,25,26,30). The van der Waals surface area contributed by atoms with Gasteiger partial charge in [0.2, 0.25) is 0 Å². The third-order valence-corrected chi connectivity index (χ3v) is 5.00. The van der Waals surface area contributed by atoms with Gasteiger partial charge in [-0.25, -0.2) is 4.79 Å². The van der Waals surface area contributed by atoms with Crippen LogP contribution in [0.3, 0.4) is 0 Å². The first-order valence-corrected chi connectivity index (χ1v) is 10.4. The van der Waals surface area contributed by atoms with E-state index in [1.807, 2.05) is 23.7 Å². The Balaban J connectivity index is 1.62. The van der Waals surface area contributed by atoms with E-state index in [1.165, 1.54) is 0 Å². The van der Waals surface area contributed by atoms with Crippen molar-refractivity contribution >= 4 is 58.0 Å². The Morgan fingerprint density at radius 2 is 1.87 bits per heavy atom. The van der Waals surface area contributed by atoms with E-state index >= 15 is 0 Å². The van der Waals surface area contributed by atoms with E-state index in [1.54, 1.807) is 43.3 Å². The van der Waals surface area contributed by atoms with Gasteiger partial charge in [-0.2, -0.15) is 5.10 Å². The zero-order chi connectivity index (χ0) is 21.7. The van der Waals surface area contributed by atoms with Gasteiger partial charge >= 0.3 is 5.97 Å². The van der Waals surface area contributed by atoms with Crippen LogP contribution in [0.5, 0.6) is 0 Å². The minimum Gasteiger partial charge on any atom is -0.462 e. The highest BCUT2D eigenvalue weighted by atomic mass is 35.5. The highest BCUT2D eigenvalue weighted by molar-refractivity contribution is 7.80. The summed E-state index contributed by atoms with van der Waals surface area (Å²) in [5, 5.41) is 12.2. The molecule has 0 amide bonds. The van der Waals surface area contributed by atoms with Crippen molar-refractivity contribution < 1.29 is 9.53 Å². The van der Waals surface area contributed by atoms with Crippen molar-refractivity contribution in [2.45, 2.75) is 20.4 Å². The van der Waals surface area contributed by atoms with Gasteiger partial charge in [-0.05, 0) is 68.0 Å². The molecule has 1 heterocycles. The first-order valence-electron chi connectivity index (χ1n) is 9.19. The van der Waals surface area contributed by atoms with E-state index in [0.717, 1.165) is 16.9 Å². The maximum absolute atomic E-state index is 11.7. The van der Waals surface area contributed by atoms with Crippen molar-refractivity contribution in [1.29, 1.82) is 0 Å². The first-order chi connectivity index (χ1) is 14.4. The fraction of sp³-hybridized carbons (Fsp3) is 0.190. The lowest BCUT2D eigenvalue weighted by atomic mass is 10.2. The number of benzene rings is 2. The van der Waals surface area contributed by atoms with Crippen LogP contribution in [0.15, 0.2) is 48.5 Å². The molecule has 0 unspecified atom stereocenters. The van der Waals surface area contributed by atoms with Gasteiger partial charge in [0.05, 0.1) is 18.7 Å². The first kappa shape index (κ1) is 22.1. The number of ether oxygens (including phenoxy) is 1. The fourth-order valence-corrected chi connectivity index (χ4v) is 3.42. The molecule has 0 aliphatic heterocycles. The van der Waals surface area contributed by atoms with Crippen molar-refractivity contribution in [3.05, 3.63) is 75.4 Å². The van der Waals surface area contributed by atoms with Crippen LogP contribution in [-0.4, -0.2) is 27.5 Å². The molecule has 3 aromatic rings. The van der Waals surface area contributed by atoms with Gasteiger partial charge in [0.1, 0.15) is 0 Å². The van der Waals surface area contributed by atoms with Gasteiger partial charge < -0.3 is 15.4 Å². The predicted molar refractivity (Wildman–Crippen MR) is 125 cm³/mol. The second-order valence-electron chi connectivity index (χ2n) is 6.44. The summed E-state index contributed by atoms with van der Waals surface area (Å²) in [6.07, 6.45) is 0. The summed E-state index contributed by atoms with van der Waals surface area (Å²) in [5.74, 6) is 0.254. The maximum atomic E-state index is 11.7. The summed E-state index contributed by atoms with van der Waals surface area (Å²) >= 11 is 17.6. The van der Waals surface area contributed by atoms with E-state index in [-0.39, 0.29) is 5.97 Å². The Kier molecular flexibility index (Phi) is 7.31. The smallest absolute Gasteiger partial charge is 0.338 e. The van der Waals surface area contributed by atoms with Gasteiger partial charge in [0, 0.05) is 27.5 Å². The number of carbonyl (C=O) groups excluding carboxylic acids is 1. The monoisotopic (exact) mass is 462 g/mol. The minimum absolute atomic E-state index is 0.336. The molecule has 2 aromatic carbocycles. The number of hydrogen-bond acceptors (Lipinski definition) is 4. The Bertz CT molecular complexity index is 1070. The van der Waals surface area contributed by atoms with Crippen LogP contribution >= 0.6 is 35.4 Å². The molecule has 0 spiro atoms. The lowest BCUT2D eigenvalue weighted by Gasteiger charge is -2.09. The highest BCUT2D eigenvalue weighted by Crippen LogP contribution is 2.22. The van der Waals surface area contributed by atoms with Crippen LogP contribution in [0, 0.1) is 6.92 Å². The molecular formula is C21H20Cl2N4O2S. The molecule has 0 saturated carbocycles. The number of nitrogens with one attached hydrogen (secondary N) is 2. The summed E-state index contributed by atoms with van der Waals surface area (Å²) in [6.45, 7) is 4.57. The third-order valence-electron chi connectivity index (χ3n) is 4.21. The number of aromatic nitrogens is 2. The molecular weight excluding hydrogens is 443 g/mol. The molecule has 0 aliphatic rings. The maximum Gasteiger partial charge on any atom is 0.338 e. The topological polar surface area (TPSA) is 68.2 Å². The SMILES string of the molecule is CCOC(=O)c1ccc(NC(=S)Nc2cc(C)n(Cc3ccc(Cl)cc3Cl)n2)cc1. The van der Waals surface area contributed by atoms with Crippen LogP contribution < -0.4 is 10.6 Å². The molecule has 1 aromatic heterocycles. The molecule has 9 heteroatoms. The lowest BCUT2D eigenvalue weighted by molar-refractivity contribution is 0.0526. The van der Waals surface area contributed by atoms with Gasteiger partial charge in [0.25, 0.3) is 0 Å². The molecule has 30 heavy (non-hydrogen) atoms. The van der Waals surface area contributed by atoms with Crippen molar-refractivity contribution in [3.63, 3.8) is 0 Å². The van der Waals surface area contributed by atoms with E-state index in [2.05, 4.69) is 15.7 Å². The summed E-state index contributed by atoms with van der Waals surface area (Å²) in [6, 6.07) is 14.1. The number of carbonyl (C=O) groups is 1. The molecule has 156 valence electrons. The van der Waals surface area contributed by atoms with Crippen LogP contribution in [-0.2, 0) is 11.3 Å². The van der Waals surface area contributed by atoms with E-state index in [4.69, 9.17) is 40.2 Å². The number of anilines is 2. The number of halogens is 2. The number of rotatable bonds is 6.